The number of anilines is 1. The monoisotopic (exact) mass is 189 g/mol. The van der Waals surface area contributed by atoms with Crippen molar-refractivity contribution in [3.05, 3.63) is 29.7 Å². The van der Waals surface area contributed by atoms with Crippen LogP contribution in [0.4, 0.5) is 5.69 Å². The Bertz CT molecular complexity index is 462. The van der Waals surface area contributed by atoms with Crippen LogP contribution >= 0.6 is 0 Å². The van der Waals surface area contributed by atoms with Gasteiger partial charge in [-0.2, -0.15) is 4.98 Å². The van der Waals surface area contributed by atoms with E-state index in [2.05, 4.69) is 10.1 Å². The summed E-state index contributed by atoms with van der Waals surface area (Å²) in [4.78, 5) is 4.12. The zero-order chi connectivity index (χ0) is 10.1. The summed E-state index contributed by atoms with van der Waals surface area (Å²) in [6.45, 7) is 3.72. The second-order valence-corrected chi connectivity index (χ2v) is 3.21. The van der Waals surface area contributed by atoms with Crippen LogP contribution in [0.15, 0.2) is 22.7 Å². The van der Waals surface area contributed by atoms with Crippen LogP contribution in [0.25, 0.3) is 11.4 Å². The molecule has 0 radical (unpaired) electrons. The van der Waals surface area contributed by atoms with Crippen molar-refractivity contribution in [2.45, 2.75) is 13.8 Å². The molecule has 1 heterocycles. The molecule has 0 fully saturated rings. The van der Waals surface area contributed by atoms with Gasteiger partial charge in [0.1, 0.15) is 0 Å². The molecule has 1 aromatic heterocycles. The van der Waals surface area contributed by atoms with E-state index in [0.717, 1.165) is 16.8 Å². The number of rotatable bonds is 1. The highest BCUT2D eigenvalue weighted by molar-refractivity contribution is 5.63. The summed E-state index contributed by atoms with van der Waals surface area (Å²) >= 11 is 0. The average Bonchev–Trinajstić information content (AvgIpc) is 2.57. The number of hydrogen-bond donors (Lipinski definition) is 1. The molecule has 0 aliphatic rings. The highest BCUT2D eigenvalue weighted by Gasteiger charge is 2.06. The first-order valence-corrected chi connectivity index (χ1v) is 4.33. The molecule has 14 heavy (non-hydrogen) atoms. The summed E-state index contributed by atoms with van der Waals surface area (Å²) in [7, 11) is 0. The minimum atomic E-state index is 0.555. The van der Waals surface area contributed by atoms with Crippen LogP contribution in [0.3, 0.4) is 0 Å². The van der Waals surface area contributed by atoms with Crippen LogP contribution in [0.2, 0.25) is 0 Å². The number of aryl methyl sites for hydroxylation is 2. The fraction of sp³-hybridized carbons (Fsp3) is 0.200. The van der Waals surface area contributed by atoms with Crippen LogP contribution in [-0.2, 0) is 0 Å². The van der Waals surface area contributed by atoms with E-state index < -0.39 is 0 Å². The van der Waals surface area contributed by atoms with Gasteiger partial charge in [-0.25, -0.2) is 0 Å². The minimum Gasteiger partial charge on any atom is -0.398 e. The number of nitrogens with two attached hydrogens (primary N) is 1. The largest absolute Gasteiger partial charge is 0.398 e. The second kappa shape index (κ2) is 3.14. The summed E-state index contributed by atoms with van der Waals surface area (Å²) in [5, 5.41) is 3.82. The van der Waals surface area contributed by atoms with Crippen LogP contribution < -0.4 is 5.73 Å². The third-order valence-corrected chi connectivity index (χ3v) is 2.07. The number of hydrogen-bond acceptors (Lipinski definition) is 4. The maximum absolute atomic E-state index is 5.78. The van der Waals surface area contributed by atoms with Gasteiger partial charge in [0.05, 0.1) is 0 Å². The van der Waals surface area contributed by atoms with E-state index >= 15 is 0 Å². The molecule has 0 saturated heterocycles. The Balaban J connectivity index is 2.47. The average molecular weight is 189 g/mol. The molecule has 0 aliphatic heterocycles. The van der Waals surface area contributed by atoms with Gasteiger partial charge in [-0.1, -0.05) is 17.3 Å². The van der Waals surface area contributed by atoms with Gasteiger partial charge in [0.15, 0.2) is 0 Å². The van der Waals surface area contributed by atoms with Gasteiger partial charge in [0, 0.05) is 18.2 Å². The molecule has 2 rings (SSSR count). The third-order valence-electron chi connectivity index (χ3n) is 2.07. The van der Waals surface area contributed by atoms with Gasteiger partial charge >= 0.3 is 0 Å². The molecule has 4 heteroatoms. The first-order valence-electron chi connectivity index (χ1n) is 4.33. The molecule has 0 aliphatic carbocycles. The molecule has 2 aromatic rings. The molecule has 2 N–H and O–H groups in total. The molecule has 0 amide bonds. The van der Waals surface area contributed by atoms with Gasteiger partial charge in [-0.05, 0) is 18.6 Å². The Hall–Kier alpha value is -1.84. The molecular formula is C10H11N3O. The predicted molar refractivity (Wildman–Crippen MR) is 53.6 cm³/mol. The SMILES string of the molecule is Cc1nc(-c2ccc(C)c(N)c2)no1. The smallest absolute Gasteiger partial charge is 0.223 e. The van der Waals surface area contributed by atoms with Crippen molar-refractivity contribution < 1.29 is 4.52 Å². The maximum Gasteiger partial charge on any atom is 0.223 e. The molecule has 0 saturated carbocycles. The van der Waals surface area contributed by atoms with Gasteiger partial charge < -0.3 is 10.3 Å². The van der Waals surface area contributed by atoms with Crippen molar-refractivity contribution in [1.29, 1.82) is 0 Å². The molecule has 72 valence electrons. The molecule has 4 nitrogen and oxygen atoms in total. The lowest BCUT2D eigenvalue weighted by atomic mass is 10.1. The van der Waals surface area contributed by atoms with E-state index in [9.17, 15) is 0 Å². The third kappa shape index (κ3) is 1.46. The van der Waals surface area contributed by atoms with E-state index in [1.54, 1.807) is 6.92 Å². The molecule has 1 aromatic carbocycles. The van der Waals surface area contributed by atoms with Crippen LogP contribution in [-0.4, -0.2) is 10.1 Å². The number of aromatic nitrogens is 2. The second-order valence-electron chi connectivity index (χ2n) is 3.21. The zero-order valence-electron chi connectivity index (χ0n) is 8.11. The summed E-state index contributed by atoms with van der Waals surface area (Å²) in [6, 6.07) is 5.71. The van der Waals surface area contributed by atoms with Gasteiger partial charge in [-0.3, -0.25) is 0 Å². The van der Waals surface area contributed by atoms with Crippen LogP contribution in [0.5, 0.6) is 0 Å². The van der Waals surface area contributed by atoms with Gasteiger partial charge in [0.2, 0.25) is 11.7 Å². The Morgan fingerprint density at radius 1 is 1.29 bits per heavy atom. The maximum atomic E-state index is 5.78. The topological polar surface area (TPSA) is 64.9 Å². The number of benzene rings is 1. The summed E-state index contributed by atoms with van der Waals surface area (Å²) < 4.78 is 4.89. The standard InChI is InChI=1S/C10H11N3O/c1-6-3-4-8(5-9(6)11)10-12-7(2)14-13-10/h3-5H,11H2,1-2H3. The Morgan fingerprint density at radius 2 is 2.07 bits per heavy atom. The molecule has 0 atom stereocenters. The van der Waals surface area contributed by atoms with Gasteiger partial charge in [-0.15, -0.1) is 0 Å². The van der Waals surface area contributed by atoms with Crippen molar-refractivity contribution in [3.8, 4) is 11.4 Å². The lowest BCUT2D eigenvalue weighted by molar-refractivity contribution is 0.394. The summed E-state index contributed by atoms with van der Waals surface area (Å²) in [5.41, 5.74) is 8.45. The molecule has 0 unspecified atom stereocenters. The van der Waals surface area contributed by atoms with Crippen molar-refractivity contribution in [1.82, 2.24) is 10.1 Å². The van der Waals surface area contributed by atoms with E-state index in [4.69, 9.17) is 10.3 Å². The highest BCUT2D eigenvalue weighted by atomic mass is 16.5. The summed E-state index contributed by atoms with van der Waals surface area (Å²) in [6.07, 6.45) is 0. The van der Waals surface area contributed by atoms with Crippen LogP contribution in [0.1, 0.15) is 11.5 Å². The first kappa shape index (κ1) is 8.74. The molecule has 0 spiro atoms. The Morgan fingerprint density at radius 3 is 2.64 bits per heavy atom. The van der Waals surface area contributed by atoms with Crippen LogP contribution in [0, 0.1) is 13.8 Å². The minimum absolute atomic E-state index is 0.555. The Labute approximate surface area is 81.7 Å². The van der Waals surface area contributed by atoms with Crippen molar-refractivity contribution in [2.75, 3.05) is 5.73 Å². The van der Waals surface area contributed by atoms with Crippen molar-refractivity contribution in [2.24, 2.45) is 0 Å². The van der Waals surface area contributed by atoms with E-state index in [1.807, 2.05) is 25.1 Å². The highest BCUT2D eigenvalue weighted by Crippen LogP contribution is 2.20. The first-order chi connectivity index (χ1) is 6.66. The quantitative estimate of drug-likeness (QED) is 0.696. The van der Waals surface area contributed by atoms with E-state index in [1.165, 1.54) is 0 Å². The molecule has 0 bridgehead atoms. The zero-order valence-corrected chi connectivity index (χ0v) is 8.11. The fourth-order valence-electron chi connectivity index (χ4n) is 1.20. The van der Waals surface area contributed by atoms with Crippen molar-refractivity contribution >= 4 is 5.69 Å². The lowest BCUT2D eigenvalue weighted by Gasteiger charge is -2.00. The Kier molecular flexibility index (Phi) is 1.96. The van der Waals surface area contributed by atoms with Crippen molar-refractivity contribution in [3.63, 3.8) is 0 Å². The van der Waals surface area contributed by atoms with E-state index in [0.29, 0.717) is 11.7 Å². The fourth-order valence-corrected chi connectivity index (χ4v) is 1.20. The predicted octanol–water partition coefficient (Wildman–Crippen LogP) is 1.94. The normalized spacial score (nSPS) is 10.4. The number of nitrogen functional groups attached to an aromatic ring is 1. The lowest BCUT2D eigenvalue weighted by Crippen LogP contribution is -1.90. The van der Waals surface area contributed by atoms with E-state index in [-0.39, 0.29) is 0 Å². The molecular weight excluding hydrogens is 178 g/mol. The number of nitrogens with zero attached hydrogens (tertiary/aromatic N) is 2. The summed E-state index contributed by atoms with van der Waals surface area (Å²) in [5.74, 6) is 1.13. The van der Waals surface area contributed by atoms with Gasteiger partial charge in [0.25, 0.3) is 0 Å².